The van der Waals surface area contributed by atoms with Gasteiger partial charge in [-0.2, -0.15) is 0 Å². The van der Waals surface area contributed by atoms with Gasteiger partial charge in [-0.3, -0.25) is 14.6 Å². The molecule has 5 nitrogen and oxygen atoms in total. The highest BCUT2D eigenvalue weighted by molar-refractivity contribution is 8.26. The molecule has 0 saturated carbocycles. The van der Waals surface area contributed by atoms with Crippen LogP contribution in [0.4, 0.5) is 0 Å². The third-order valence-corrected chi connectivity index (χ3v) is 5.15. The molecular weight excluding hydrogens is 392 g/mol. The highest BCUT2D eigenvalue weighted by Gasteiger charge is 2.22. The van der Waals surface area contributed by atoms with Crippen molar-refractivity contribution in [2.45, 2.75) is 6.92 Å². The molecule has 0 bridgehead atoms. The summed E-state index contributed by atoms with van der Waals surface area (Å²) in [7, 11) is 0. The second kappa shape index (κ2) is 7.43. The van der Waals surface area contributed by atoms with Gasteiger partial charge < -0.3 is 9.73 Å². The van der Waals surface area contributed by atoms with Gasteiger partial charge in [0.2, 0.25) is 0 Å². The largest absolute Gasteiger partial charge is 0.455 e. The fourth-order valence-corrected chi connectivity index (χ4v) is 3.64. The molecule has 0 spiro atoms. The van der Waals surface area contributed by atoms with Crippen LogP contribution in [0.5, 0.6) is 0 Å². The maximum absolute atomic E-state index is 11.8. The van der Waals surface area contributed by atoms with E-state index in [-0.39, 0.29) is 11.7 Å². The van der Waals surface area contributed by atoms with Gasteiger partial charge in [0.25, 0.3) is 5.91 Å². The van der Waals surface area contributed by atoms with Crippen LogP contribution < -0.4 is 5.32 Å². The Kier molecular flexibility index (Phi) is 4.82. The van der Waals surface area contributed by atoms with E-state index in [0.717, 1.165) is 10.9 Å². The number of hydrogen-bond donors (Lipinski definition) is 1. The summed E-state index contributed by atoms with van der Waals surface area (Å²) in [5, 5.41) is 3.36. The van der Waals surface area contributed by atoms with Crippen molar-refractivity contribution in [2.75, 3.05) is 0 Å². The number of furan rings is 1. The van der Waals surface area contributed by atoms with E-state index in [0.29, 0.717) is 31.7 Å². The molecule has 7 heteroatoms. The van der Waals surface area contributed by atoms with E-state index in [4.69, 9.17) is 16.6 Å². The fourth-order valence-electron chi connectivity index (χ4n) is 2.62. The van der Waals surface area contributed by atoms with E-state index in [1.165, 1.54) is 18.7 Å². The smallest absolute Gasteiger partial charge is 0.263 e. The summed E-state index contributed by atoms with van der Waals surface area (Å²) in [6.07, 6.45) is 4.96. The van der Waals surface area contributed by atoms with Crippen LogP contribution >= 0.6 is 24.0 Å². The van der Waals surface area contributed by atoms with Crippen LogP contribution in [0.2, 0.25) is 0 Å². The predicted molar refractivity (Wildman–Crippen MR) is 113 cm³/mol. The van der Waals surface area contributed by atoms with Crippen molar-refractivity contribution in [3.63, 3.8) is 0 Å². The number of carbonyl (C=O) groups is 2. The Morgan fingerprint density at radius 2 is 2.04 bits per heavy atom. The summed E-state index contributed by atoms with van der Waals surface area (Å²) in [4.78, 5) is 27.8. The van der Waals surface area contributed by atoms with E-state index in [2.05, 4.69) is 22.1 Å². The molecule has 1 aliphatic heterocycles. The first-order valence-electron chi connectivity index (χ1n) is 8.25. The molecule has 4 rings (SSSR count). The van der Waals surface area contributed by atoms with Crippen molar-refractivity contribution in [1.82, 2.24) is 10.3 Å². The van der Waals surface area contributed by atoms with E-state index >= 15 is 0 Å². The number of nitrogens with one attached hydrogen (secondary N) is 1. The topological polar surface area (TPSA) is 72.2 Å². The number of amides is 1. The Morgan fingerprint density at radius 1 is 1.25 bits per heavy atom. The minimum Gasteiger partial charge on any atom is -0.455 e. The van der Waals surface area contributed by atoms with Gasteiger partial charge in [-0.25, -0.2) is 0 Å². The number of pyridine rings is 1. The SMILES string of the molecule is CC(=O)c1ccc(C#Cc2cncc3cc(/C=C4/SC(=S)NC4=O)oc23)cc1. The van der Waals surface area contributed by atoms with E-state index < -0.39 is 0 Å². The average molecular weight is 404 g/mol. The van der Waals surface area contributed by atoms with Crippen LogP contribution in [0.15, 0.2) is 52.0 Å². The van der Waals surface area contributed by atoms with Gasteiger partial charge in [-0.15, -0.1) is 0 Å². The molecule has 28 heavy (non-hydrogen) atoms. The van der Waals surface area contributed by atoms with Crippen molar-refractivity contribution >= 4 is 57.0 Å². The van der Waals surface area contributed by atoms with Crippen LogP contribution in [0, 0.1) is 11.8 Å². The van der Waals surface area contributed by atoms with E-state index in [9.17, 15) is 9.59 Å². The molecule has 2 aromatic heterocycles. The molecule has 1 aromatic carbocycles. The van der Waals surface area contributed by atoms with Crippen molar-refractivity contribution in [3.8, 4) is 11.8 Å². The van der Waals surface area contributed by atoms with Crippen LogP contribution in [0.1, 0.15) is 34.2 Å². The average Bonchev–Trinajstić information content (AvgIpc) is 3.22. The van der Waals surface area contributed by atoms with Crippen molar-refractivity contribution in [3.05, 3.63) is 70.1 Å². The van der Waals surface area contributed by atoms with Gasteiger partial charge in [-0.1, -0.05) is 48.0 Å². The van der Waals surface area contributed by atoms with Crippen LogP contribution in [-0.2, 0) is 4.79 Å². The summed E-state index contributed by atoms with van der Waals surface area (Å²) >= 11 is 6.19. The number of aromatic nitrogens is 1. The van der Waals surface area contributed by atoms with Gasteiger partial charge in [0, 0.05) is 35.0 Å². The van der Waals surface area contributed by atoms with Gasteiger partial charge in [0.05, 0.1) is 10.5 Å². The minimum atomic E-state index is -0.234. The predicted octanol–water partition coefficient (Wildman–Crippen LogP) is 3.92. The number of Topliss-reactive ketones (excluding diaryl/α,β-unsaturated/α-hetero) is 1. The molecule has 0 aliphatic carbocycles. The normalized spacial score (nSPS) is 14.8. The minimum absolute atomic E-state index is 0.0144. The zero-order valence-electron chi connectivity index (χ0n) is 14.6. The number of carbonyl (C=O) groups excluding carboxylic acids is 2. The lowest BCUT2D eigenvalue weighted by Gasteiger charge is -1.95. The molecule has 3 heterocycles. The quantitative estimate of drug-likeness (QED) is 0.302. The first kappa shape index (κ1) is 18.2. The molecule has 3 aromatic rings. The summed E-state index contributed by atoms with van der Waals surface area (Å²) in [6, 6.07) is 8.90. The molecule has 1 N–H and O–H groups in total. The lowest BCUT2D eigenvalue weighted by Crippen LogP contribution is -2.17. The maximum Gasteiger partial charge on any atom is 0.263 e. The highest BCUT2D eigenvalue weighted by Crippen LogP contribution is 2.29. The molecule has 1 saturated heterocycles. The molecule has 0 radical (unpaired) electrons. The third kappa shape index (κ3) is 3.74. The molecule has 0 unspecified atom stereocenters. The molecule has 1 aliphatic rings. The number of nitrogens with zero attached hydrogens (tertiary/aromatic N) is 1. The maximum atomic E-state index is 11.8. The van der Waals surface area contributed by atoms with Crippen molar-refractivity contribution in [2.24, 2.45) is 0 Å². The van der Waals surface area contributed by atoms with E-state index in [1.54, 1.807) is 48.8 Å². The number of rotatable bonds is 2. The third-order valence-electron chi connectivity index (χ3n) is 3.99. The zero-order chi connectivity index (χ0) is 19.7. The van der Waals surface area contributed by atoms with Gasteiger partial charge in [0.15, 0.2) is 11.4 Å². The molecule has 1 fully saturated rings. The molecule has 0 atom stereocenters. The second-order valence-corrected chi connectivity index (χ2v) is 7.71. The zero-order valence-corrected chi connectivity index (χ0v) is 16.2. The Labute approximate surface area is 170 Å². The second-order valence-electron chi connectivity index (χ2n) is 5.99. The van der Waals surface area contributed by atoms with Gasteiger partial charge >= 0.3 is 0 Å². The number of benzene rings is 1. The van der Waals surface area contributed by atoms with Crippen LogP contribution in [-0.4, -0.2) is 21.0 Å². The first-order chi connectivity index (χ1) is 13.5. The Bertz CT molecular complexity index is 1230. The summed E-state index contributed by atoms with van der Waals surface area (Å²) in [5.41, 5.74) is 2.66. The van der Waals surface area contributed by atoms with Gasteiger partial charge in [-0.05, 0) is 25.1 Å². The van der Waals surface area contributed by atoms with Crippen LogP contribution in [0.25, 0.3) is 17.0 Å². The number of fused-ring (bicyclic) bond motifs is 1. The lowest BCUT2D eigenvalue weighted by molar-refractivity contribution is -0.115. The van der Waals surface area contributed by atoms with Crippen LogP contribution in [0.3, 0.4) is 0 Å². The van der Waals surface area contributed by atoms with E-state index in [1.807, 2.05) is 0 Å². The first-order valence-corrected chi connectivity index (χ1v) is 9.47. The Morgan fingerprint density at radius 3 is 2.71 bits per heavy atom. The standard InChI is InChI=1S/C21H12N2O3S2/c1-12(24)14-5-2-13(3-6-14)4-7-15-10-22-11-16-8-17(26-19(15)16)9-18-20(25)23-21(27)28-18/h2-3,5-6,8-11H,1H3,(H,23,25,27)/b18-9+. The molecular formula is C21H12N2O3S2. The molecule has 1 amide bonds. The monoisotopic (exact) mass is 404 g/mol. The van der Waals surface area contributed by atoms with Crippen molar-refractivity contribution in [1.29, 1.82) is 0 Å². The fraction of sp³-hybridized carbons (Fsp3) is 0.0476. The Balaban J connectivity index is 1.67. The number of hydrogen-bond acceptors (Lipinski definition) is 6. The highest BCUT2D eigenvalue weighted by atomic mass is 32.2. The Hall–Kier alpha value is -3.21. The summed E-state index contributed by atoms with van der Waals surface area (Å²) in [6.45, 7) is 1.53. The molecule has 136 valence electrons. The summed E-state index contributed by atoms with van der Waals surface area (Å²) < 4.78 is 6.31. The number of thioether (sulfide) groups is 1. The summed E-state index contributed by atoms with van der Waals surface area (Å²) in [5.74, 6) is 6.42. The van der Waals surface area contributed by atoms with Gasteiger partial charge in [0.1, 0.15) is 10.1 Å². The lowest BCUT2D eigenvalue weighted by atomic mass is 10.1. The number of ketones is 1. The number of thiocarbonyl (C=S) groups is 1. The van der Waals surface area contributed by atoms with Crippen molar-refractivity contribution < 1.29 is 14.0 Å².